The molecule has 0 aliphatic heterocycles. The maximum atomic E-state index is 13.0. The average molecular weight is 1140 g/mol. The van der Waals surface area contributed by atoms with Crippen LogP contribution in [0.4, 0.5) is 0 Å². The van der Waals surface area contributed by atoms with Crippen LogP contribution in [-0.2, 0) is 28.6 Å². The first-order valence-corrected chi connectivity index (χ1v) is 36.8. The number of esters is 3. The molecule has 1 atom stereocenters. The van der Waals surface area contributed by atoms with Gasteiger partial charge in [0.1, 0.15) is 13.2 Å². The maximum absolute atomic E-state index is 13.0. The summed E-state index contributed by atoms with van der Waals surface area (Å²) in [5, 5.41) is 0. The zero-order valence-electron chi connectivity index (χ0n) is 55.1. The summed E-state index contributed by atoms with van der Waals surface area (Å²) in [5.74, 6) is -0.835. The SMILES string of the molecule is CCCCCCC/C=C\C/C=C\CCCCCCCCCCCC(=O)OC(COC(=O)CCCCCCCCCCCCCCCCC)COC(=O)CCCCCCCCCCCCCCCCCCCCCCCCCCCCC. The molecule has 0 aromatic heterocycles. The molecule has 6 heteroatoms. The minimum atomic E-state index is -0.771. The summed E-state index contributed by atoms with van der Waals surface area (Å²) in [4.78, 5) is 38.5. The van der Waals surface area contributed by atoms with Gasteiger partial charge >= 0.3 is 17.9 Å². The van der Waals surface area contributed by atoms with Gasteiger partial charge in [-0.3, -0.25) is 14.4 Å². The van der Waals surface area contributed by atoms with E-state index in [0.29, 0.717) is 19.3 Å². The van der Waals surface area contributed by atoms with E-state index in [1.807, 2.05) is 0 Å². The van der Waals surface area contributed by atoms with E-state index in [1.54, 1.807) is 0 Å². The Morgan fingerprint density at radius 3 is 0.679 bits per heavy atom. The second-order valence-electron chi connectivity index (χ2n) is 25.2. The standard InChI is InChI=1S/C75H142O6/c1-4-7-10-13-16-19-22-25-28-30-32-34-35-36-37-38-39-41-42-44-47-50-53-56-59-62-65-68-74(77)80-71-72(70-79-73(76)67-64-61-58-55-52-49-46-27-24-21-18-15-12-9-6-3)81-75(78)69-66-63-60-57-54-51-48-45-43-40-33-31-29-26-23-20-17-14-11-8-5-2/h23,26,31,33,72H,4-22,24-25,27-30,32,34-71H2,1-3H3/b26-23-,33-31-. The van der Waals surface area contributed by atoms with Crippen molar-refractivity contribution >= 4 is 17.9 Å². The molecule has 0 N–H and O–H groups in total. The normalized spacial score (nSPS) is 12.1. The van der Waals surface area contributed by atoms with E-state index in [0.717, 1.165) is 64.2 Å². The summed E-state index contributed by atoms with van der Waals surface area (Å²) in [6, 6.07) is 0. The zero-order valence-corrected chi connectivity index (χ0v) is 55.1. The lowest BCUT2D eigenvalue weighted by Gasteiger charge is -2.18. The molecular formula is C75H142O6. The second kappa shape index (κ2) is 70.4. The van der Waals surface area contributed by atoms with Crippen LogP contribution in [0.2, 0.25) is 0 Å². The number of allylic oxidation sites excluding steroid dienone is 4. The Bertz CT molecular complexity index is 1310. The Labute approximate surface area is 506 Å². The van der Waals surface area contributed by atoms with Crippen LogP contribution in [0, 0.1) is 0 Å². The molecule has 0 aliphatic rings. The largest absolute Gasteiger partial charge is 0.462 e. The maximum Gasteiger partial charge on any atom is 0.306 e. The smallest absolute Gasteiger partial charge is 0.306 e. The molecule has 0 fully saturated rings. The molecule has 0 aromatic carbocycles. The van der Waals surface area contributed by atoms with Gasteiger partial charge < -0.3 is 14.2 Å². The number of hydrogen-bond donors (Lipinski definition) is 0. The second-order valence-corrected chi connectivity index (χ2v) is 25.2. The molecule has 0 saturated heterocycles. The van der Waals surface area contributed by atoms with Crippen molar-refractivity contribution in [1.29, 1.82) is 0 Å². The first-order valence-electron chi connectivity index (χ1n) is 36.8. The van der Waals surface area contributed by atoms with E-state index in [-0.39, 0.29) is 31.1 Å². The lowest BCUT2D eigenvalue weighted by atomic mass is 10.0. The van der Waals surface area contributed by atoms with Gasteiger partial charge in [-0.15, -0.1) is 0 Å². The molecular weight excluding hydrogens is 997 g/mol. The van der Waals surface area contributed by atoms with Crippen LogP contribution in [0.1, 0.15) is 419 Å². The molecule has 0 aliphatic carbocycles. The molecule has 0 aromatic rings. The van der Waals surface area contributed by atoms with Gasteiger partial charge in [-0.05, 0) is 51.4 Å². The van der Waals surface area contributed by atoms with Crippen molar-refractivity contribution in [3.63, 3.8) is 0 Å². The Morgan fingerprint density at radius 1 is 0.247 bits per heavy atom. The lowest BCUT2D eigenvalue weighted by molar-refractivity contribution is -0.167. The Balaban J connectivity index is 4.23. The van der Waals surface area contributed by atoms with Gasteiger partial charge in [0, 0.05) is 19.3 Å². The van der Waals surface area contributed by atoms with Crippen LogP contribution in [0.15, 0.2) is 24.3 Å². The van der Waals surface area contributed by atoms with Crippen molar-refractivity contribution in [2.45, 2.75) is 425 Å². The quantitative estimate of drug-likeness (QED) is 0.0261. The summed E-state index contributed by atoms with van der Waals surface area (Å²) in [7, 11) is 0. The van der Waals surface area contributed by atoms with Crippen molar-refractivity contribution in [3.8, 4) is 0 Å². The third-order valence-electron chi connectivity index (χ3n) is 17.0. The van der Waals surface area contributed by atoms with Crippen LogP contribution in [-0.4, -0.2) is 37.2 Å². The first kappa shape index (κ1) is 78.9. The van der Waals surface area contributed by atoms with Crippen LogP contribution >= 0.6 is 0 Å². The highest BCUT2D eigenvalue weighted by atomic mass is 16.6. The Kier molecular flexibility index (Phi) is 68.5. The number of unbranched alkanes of at least 4 members (excludes halogenated alkanes) is 54. The summed E-state index contributed by atoms with van der Waals surface area (Å²) in [6.45, 7) is 6.72. The van der Waals surface area contributed by atoms with Gasteiger partial charge in [-0.2, -0.15) is 0 Å². The highest BCUT2D eigenvalue weighted by Gasteiger charge is 2.20. The number of carbonyl (C=O) groups excluding carboxylic acids is 3. The van der Waals surface area contributed by atoms with E-state index in [2.05, 4.69) is 45.1 Å². The van der Waals surface area contributed by atoms with Gasteiger partial charge in [-0.25, -0.2) is 0 Å². The van der Waals surface area contributed by atoms with Gasteiger partial charge in [0.05, 0.1) is 0 Å². The molecule has 0 spiro atoms. The van der Waals surface area contributed by atoms with Crippen LogP contribution < -0.4 is 0 Å². The fraction of sp³-hybridized carbons (Fsp3) is 0.907. The summed E-state index contributed by atoms with van der Waals surface area (Å²) in [5.41, 5.74) is 0. The predicted molar refractivity (Wildman–Crippen MR) is 353 cm³/mol. The van der Waals surface area contributed by atoms with Gasteiger partial charge in [0.2, 0.25) is 0 Å². The van der Waals surface area contributed by atoms with E-state index in [1.165, 1.54) is 315 Å². The Hall–Kier alpha value is -2.11. The van der Waals surface area contributed by atoms with Crippen LogP contribution in [0.25, 0.3) is 0 Å². The lowest BCUT2D eigenvalue weighted by Crippen LogP contribution is -2.30. The summed E-state index contributed by atoms with van der Waals surface area (Å²) >= 11 is 0. The molecule has 478 valence electrons. The average Bonchev–Trinajstić information content (AvgIpc) is 3.47. The predicted octanol–water partition coefficient (Wildman–Crippen LogP) is 25.3. The van der Waals surface area contributed by atoms with Crippen molar-refractivity contribution in [2.24, 2.45) is 0 Å². The highest BCUT2D eigenvalue weighted by molar-refractivity contribution is 5.71. The van der Waals surface area contributed by atoms with Crippen molar-refractivity contribution in [3.05, 3.63) is 24.3 Å². The minimum absolute atomic E-state index is 0.0662. The Morgan fingerprint density at radius 2 is 0.444 bits per heavy atom. The van der Waals surface area contributed by atoms with E-state index >= 15 is 0 Å². The topological polar surface area (TPSA) is 78.9 Å². The summed E-state index contributed by atoms with van der Waals surface area (Å²) < 4.78 is 17.0. The zero-order chi connectivity index (χ0) is 58.5. The monoisotopic (exact) mass is 1140 g/mol. The van der Waals surface area contributed by atoms with Crippen molar-refractivity contribution in [1.82, 2.24) is 0 Å². The molecule has 0 radical (unpaired) electrons. The first-order chi connectivity index (χ1) is 40.0. The molecule has 6 nitrogen and oxygen atoms in total. The molecule has 0 amide bonds. The molecule has 0 bridgehead atoms. The molecule has 0 rings (SSSR count). The number of carbonyl (C=O) groups is 3. The number of rotatable bonds is 69. The van der Waals surface area contributed by atoms with Gasteiger partial charge in [0.25, 0.3) is 0 Å². The van der Waals surface area contributed by atoms with E-state index < -0.39 is 6.10 Å². The fourth-order valence-electron chi connectivity index (χ4n) is 11.4. The third-order valence-corrected chi connectivity index (χ3v) is 17.0. The minimum Gasteiger partial charge on any atom is -0.462 e. The number of hydrogen-bond acceptors (Lipinski definition) is 6. The van der Waals surface area contributed by atoms with Crippen molar-refractivity contribution in [2.75, 3.05) is 13.2 Å². The third kappa shape index (κ3) is 68.6. The molecule has 0 saturated carbocycles. The summed E-state index contributed by atoms with van der Waals surface area (Å²) in [6.07, 6.45) is 86.4. The molecule has 81 heavy (non-hydrogen) atoms. The molecule has 0 heterocycles. The van der Waals surface area contributed by atoms with Crippen LogP contribution in [0.3, 0.4) is 0 Å². The van der Waals surface area contributed by atoms with Crippen LogP contribution in [0.5, 0.6) is 0 Å². The molecule has 1 unspecified atom stereocenters. The highest BCUT2D eigenvalue weighted by Crippen LogP contribution is 2.19. The van der Waals surface area contributed by atoms with Crippen molar-refractivity contribution < 1.29 is 28.6 Å². The number of ether oxygens (including phenoxy) is 3. The van der Waals surface area contributed by atoms with Gasteiger partial charge in [0.15, 0.2) is 6.10 Å². The van der Waals surface area contributed by atoms with Gasteiger partial charge in [-0.1, -0.05) is 373 Å². The van der Waals surface area contributed by atoms with E-state index in [9.17, 15) is 14.4 Å². The van der Waals surface area contributed by atoms with E-state index in [4.69, 9.17) is 14.2 Å². The fourth-order valence-corrected chi connectivity index (χ4v) is 11.4.